The Kier molecular flexibility index (Phi) is 12.6. The second-order valence-corrected chi connectivity index (χ2v) is 7.42. The van der Waals surface area contributed by atoms with Crippen molar-refractivity contribution in [3.05, 3.63) is 65.4 Å². The van der Waals surface area contributed by atoms with E-state index in [1.165, 1.54) is 23.2 Å². The van der Waals surface area contributed by atoms with Crippen molar-refractivity contribution in [2.75, 3.05) is 4.90 Å². The van der Waals surface area contributed by atoms with Crippen molar-refractivity contribution in [1.82, 2.24) is 0 Å². The van der Waals surface area contributed by atoms with E-state index in [1.807, 2.05) is 39.8 Å². The number of benzene rings is 2. The van der Waals surface area contributed by atoms with Gasteiger partial charge in [-0.05, 0) is 36.1 Å². The van der Waals surface area contributed by atoms with Crippen LogP contribution in [0, 0.1) is 5.41 Å². The Hall–Kier alpha value is -2.35. The third kappa shape index (κ3) is 7.53. The number of hydrogen-bond acceptors (Lipinski definition) is 2. The van der Waals surface area contributed by atoms with Gasteiger partial charge in [0.15, 0.2) is 0 Å². The number of rotatable bonds is 2. The van der Waals surface area contributed by atoms with E-state index < -0.39 is 0 Å². The van der Waals surface area contributed by atoms with Crippen LogP contribution in [-0.2, 0) is 6.54 Å². The lowest BCUT2D eigenvalue weighted by molar-refractivity contribution is 0.483. The third-order valence-electron chi connectivity index (χ3n) is 4.08. The molecule has 1 aliphatic heterocycles. The molecule has 0 aliphatic carbocycles. The van der Waals surface area contributed by atoms with Gasteiger partial charge in [-0.15, -0.1) is 0 Å². The standard InChI is InChI=1S/C20H22N2.C3H8.2C2H6/c1-20(2,3)19-13-15-9-5-6-10-16(15)14-22(19)18-12-8-7-11-17(18)21-4;1-3-2;2*1-2/h5-13H,4,14H2,1-3H3;3H2,1-2H3;2*1-2H3. The smallest absolute Gasteiger partial charge is 0.0859 e. The summed E-state index contributed by atoms with van der Waals surface area (Å²) in [6.07, 6.45) is 3.55. The first-order chi connectivity index (χ1) is 13.9. The van der Waals surface area contributed by atoms with Crippen LogP contribution in [0.25, 0.3) is 6.08 Å². The molecule has 0 saturated heterocycles. The van der Waals surface area contributed by atoms with Crippen molar-refractivity contribution in [2.45, 2.75) is 75.3 Å². The second-order valence-electron chi connectivity index (χ2n) is 7.42. The molecule has 0 bridgehead atoms. The normalized spacial score (nSPS) is 11.9. The van der Waals surface area contributed by atoms with Crippen molar-refractivity contribution in [3.63, 3.8) is 0 Å². The van der Waals surface area contributed by atoms with E-state index in [2.05, 4.69) is 93.7 Å². The highest BCUT2D eigenvalue weighted by Gasteiger charge is 2.28. The molecule has 0 spiro atoms. The van der Waals surface area contributed by atoms with Gasteiger partial charge in [-0.3, -0.25) is 4.99 Å². The third-order valence-corrected chi connectivity index (χ3v) is 4.08. The van der Waals surface area contributed by atoms with Crippen LogP contribution in [0.5, 0.6) is 0 Å². The monoisotopic (exact) mass is 394 g/mol. The van der Waals surface area contributed by atoms with Crippen molar-refractivity contribution >= 4 is 24.2 Å². The first-order valence-corrected chi connectivity index (χ1v) is 11.1. The highest BCUT2D eigenvalue weighted by atomic mass is 15.2. The SMILES string of the molecule is C=Nc1ccccc1N1Cc2ccccc2C=C1C(C)(C)C.CC.CC.CCC. The van der Waals surface area contributed by atoms with E-state index in [1.54, 1.807) is 0 Å². The van der Waals surface area contributed by atoms with Crippen molar-refractivity contribution < 1.29 is 0 Å². The molecule has 2 aromatic carbocycles. The van der Waals surface area contributed by atoms with E-state index in [9.17, 15) is 0 Å². The summed E-state index contributed by atoms with van der Waals surface area (Å²) in [5.74, 6) is 0. The molecule has 1 heterocycles. The number of anilines is 1. The van der Waals surface area contributed by atoms with Crippen LogP contribution in [0.3, 0.4) is 0 Å². The molecule has 0 amide bonds. The lowest BCUT2D eigenvalue weighted by Crippen LogP contribution is -2.32. The maximum absolute atomic E-state index is 4.20. The molecule has 0 N–H and O–H groups in total. The minimum Gasteiger partial charge on any atom is -0.338 e. The average molecular weight is 395 g/mol. The fourth-order valence-electron chi connectivity index (χ4n) is 2.96. The zero-order valence-corrected chi connectivity index (χ0v) is 20.2. The van der Waals surface area contributed by atoms with Gasteiger partial charge in [0.2, 0.25) is 0 Å². The second kappa shape index (κ2) is 13.8. The number of hydrogen-bond donors (Lipinski definition) is 0. The molecule has 0 aromatic heterocycles. The summed E-state index contributed by atoms with van der Waals surface area (Å²) >= 11 is 0. The van der Waals surface area contributed by atoms with Crippen molar-refractivity contribution in [1.29, 1.82) is 0 Å². The van der Waals surface area contributed by atoms with Gasteiger partial charge >= 0.3 is 0 Å². The van der Waals surface area contributed by atoms with E-state index in [4.69, 9.17) is 0 Å². The maximum atomic E-state index is 4.20. The minimum absolute atomic E-state index is 0.0574. The summed E-state index contributed by atoms with van der Waals surface area (Å²) in [4.78, 5) is 6.57. The number of allylic oxidation sites excluding steroid dienone is 1. The maximum Gasteiger partial charge on any atom is 0.0859 e. The van der Waals surface area contributed by atoms with Crippen LogP contribution in [0.2, 0.25) is 0 Å². The molecule has 0 unspecified atom stereocenters. The molecule has 2 aromatic rings. The molecule has 0 radical (unpaired) electrons. The highest BCUT2D eigenvalue weighted by molar-refractivity contribution is 5.76. The average Bonchev–Trinajstić information content (AvgIpc) is 2.75. The van der Waals surface area contributed by atoms with Gasteiger partial charge in [0.05, 0.1) is 11.4 Å². The van der Waals surface area contributed by atoms with E-state index in [0.717, 1.165) is 17.9 Å². The van der Waals surface area contributed by atoms with Crippen molar-refractivity contribution in [2.24, 2.45) is 10.4 Å². The quantitative estimate of drug-likeness (QED) is 0.464. The van der Waals surface area contributed by atoms with E-state index >= 15 is 0 Å². The summed E-state index contributed by atoms with van der Waals surface area (Å²) in [6, 6.07) is 16.8. The Balaban J connectivity index is 0.00000100. The Labute approximate surface area is 180 Å². The number of nitrogens with zero attached hydrogens (tertiary/aromatic N) is 2. The van der Waals surface area contributed by atoms with Gasteiger partial charge in [0.1, 0.15) is 0 Å². The summed E-state index contributed by atoms with van der Waals surface area (Å²) < 4.78 is 0. The molecule has 160 valence electrons. The fourth-order valence-corrected chi connectivity index (χ4v) is 2.96. The van der Waals surface area contributed by atoms with Gasteiger partial charge in [-0.25, -0.2) is 0 Å². The van der Waals surface area contributed by atoms with Gasteiger partial charge in [0, 0.05) is 17.7 Å². The molecule has 2 heteroatoms. The molecule has 1 aliphatic rings. The van der Waals surface area contributed by atoms with Crippen LogP contribution in [0.4, 0.5) is 11.4 Å². The van der Waals surface area contributed by atoms with Crippen LogP contribution in [0.15, 0.2) is 59.2 Å². The first-order valence-electron chi connectivity index (χ1n) is 11.1. The van der Waals surface area contributed by atoms with Gasteiger partial charge in [-0.2, -0.15) is 0 Å². The molecule has 0 saturated carbocycles. The predicted molar refractivity (Wildman–Crippen MR) is 134 cm³/mol. The largest absolute Gasteiger partial charge is 0.338 e. The minimum atomic E-state index is 0.0574. The molecular formula is C27H42N2. The molecular weight excluding hydrogens is 352 g/mol. The van der Waals surface area contributed by atoms with Crippen molar-refractivity contribution in [3.8, 4) is 0 Å². The summed E-state index contributed by atoms with van der Waals surface area (Å²) in [5.41, 5.74) is 6.07. The summed E-state index contributed by atoms with van der Waals surface area (Å²) in [7, 11) is 0. The van der Waals surface area contributed by atoms with Gasteiger partial charge in [0.25, 0.3) is 0 Å². The Bertz CT molecular complexity index is 751. The summed E-state index contributed by atoms with van der Waals surface area (Å²) in [6.45, 7) is 23.6. The topological polar surface area (TPSA) is 15.6 Å². The van der Waals surface area contributed by atoms with E-state index in [-0.39, 0.29) is 5.41 Å². The Morgan fingerprint density at radius 2 is 1.41 bits per heavy atom. The molecule has 0 fully saturated rings. The summed E-state index contributed by atoms with van der Waals surface area (Å²) in [5, 5.41) is 0. The van der Waals surface area contributed by atoms with Gasteiger partial charge in [-0.1, -0.05) is 105 Å². The number of aliphatic imine (C=N–C) groups is 1. The van der Waals surface area contributed by atoms with Gasteiger partial charge < -0.3 is 4.90 Å². The lowest BCUT2D eigenvalue weighted by atomic mass is 9.86. The van der Waals surface area contributed by atoms with Crippen LogP contribution in [-0.4, -0.2) is 6.72 Å². The van der Waals surface area contributed by atoms with Crippen LogP contribution in [0.1, 0.15) is 79.9 Å². The van der Waals surface area contributed by atoms with Crippen LogP contribution < -0.4 is 4.90 Å². The fraction of sp³-hybridized carbons (Fsp3) is 0.444. The Morgan fingerprint density at radius 3 is 1.97 bits per heavy atom. The zero-order valence-electron chi connectivity index (χ0n) is 20.2. The Morgan fingerprint density at radius 1 is 0.897 bits per heavy atom. The van der Waals surface area contributed by atoms with Crippen LogP contribution >= 0.6 is 0 Å². The number of fused-ring (bicyclic) bond motifs is 1. The zero-order chi connectivity index (χ0) is 22.4. The first kappa shape index (κ1) is 26.6. The predicted octanol–water partition coefficient (Wildman–Crippen LogP) is 8.89. The number of para-hydroxylation sites is 2. The highest BCUT2D eigenvalue weighted by Crippen LogP contribution is 2.41. The molecule has 0 atom stereocenters. The lowest BCUT2D eigenvalue weighted by Gasteiger charge is -2.39. The molecule has 2 nitrogen and oxygen atoms in total. The molecule has 3 rings (SSSR count). The molecule has 29 heavy (non-hydrogen) atoms. The van der Waals surface area contributed by atoms with E-state index in [0.29, 0.717) is 0 Å².